The number of hydrogen-bond acceptors (Lipinski definition) is 5. The lowest BCUT2D eigenvalue weighted by Gasteiger charge is -2.23. The molecule has 2 aromatic rings. The van der Waals surface area contributed by atoms with Crippen molar-refractivity contribution in [1.29, 1.82) is 0 Å². The minimum Gasteiger partial charge on any atom is -0.310 e. The lowest BCUT2D eigenvalue weighted by molar-refractivity contribution is -0.333. The monoisotopic (exact) mass is 266 g/mol. The molecule has 1 fully saturated rings. The fourth-order valence-corrected chi connectivity index (χ4v) is 2.97. The number of hydrogen-bond donors (Lipinski definition) is 1. The molecular formula is C11H16N5OS+. The predicted molar refractivity (Wildman–Crippen MR) is 70.4 cm³/mol. The number of aromatic nitrogens is 3. The van der Waals surface area contributed by atoms with Gasteiger partial charge < -0.3 is 5.32 Å². The van der Waals surface area contributed by atoms with Crippen LogP contribution in [0.25, 0.3) is 4.96 Å². The molecule has 0 atom stereocenters. The molecule has 1 saturated heterocycles. The first-order valence-electron chi connectivity index (χ1n) is 6.18. The van der Waals surface area contributed by atoms with Crippen LogP contribution < -0.4 is 20.8 Å². The third-order valence-electron chi connectivity index (χ3n) is 3.08. The summed E-state index contributed by atoms with van der Waals surface area (Å²) in [7, 11) is 0. The Morgan fingerprint density at radius 2 is 2.28 bits per heavy atom. The average molecular weight is 266 g/mol. The second-order valence-corrected chi connectivity index (χ2v) is 5.36. The van der Waals surface area contributed by atoms with Gasteiger partial charge in [0.05, 0.1) is 19.2 Å². The Hall–Kier alpha value is -1.47. The van der Waals surface area contributed by atoms with Crippen LogP contribution in [-0.2, 0) is 6.42 Å². The van der Waals surface area contributed by atoms with Crippen molar-refractivity contribution in [2.24, 2.45) is 0 Å². The van der Waals surface area contributed by atoms with Crippen LogP contribution >= 0.6 is 11.3 Å². The number of nitrogens with one attached hydrogen (secondary N) is 2. The summed E-state index contributed by atoms with van der Waals surface area (Å²) in [5.41, 5.74) is -0.0618. The van der Waals surface area contributed by atoms with Gasteiger partial charge in [0.1, 0.15) is 5.01 Å². The van der Waals surface area contributed by atoms with E-state index in [1.54, 1.807) is 17.4 Å². The molecule has 6 nitrogen and oxygen atoms in total. The van der Waals surface area contributed by atoms with Crippen molar-refractivity contribution in [3.05, 3.63) is 21.4 Å². The summed E-state index contributed by atoms with van der Waals surface area (Å²) in [5.74, 6) is 0.896. The second-order valence-electron chi connectivity index (χ2n) is 4.30. The fraction of sp³-hybridized carbons (Fsp3) is 0.545. The quantitative estimate of drug-likeness (QED) is 0.799. The highest BCUT2D eigenvalue weighted by Crippen LogP contribution is 2.12. The largest absolute Gasteiger partial charge is 0.337 e. The van der Waals surface area contributed by atoms with Crippen LogP contribution in [0, 0.1) is 0 Å². The van der Waals surface area contributed by atoms with E-state index in [-0.39, 0.29) is 5.56 Å². The third kappa shape index (κ3) is 1.99. The molecule has 0 aromatic carbocycles. The summed E-state index contributed by atoms with van der Waals surface area (Å²) in [6.45, 7) is 5.79. The lowest BCUT2D eigenvalue weighted by atomic mass is 10.3. The van der Waals surface area contributed by atoms with E-state index >= 15 is 0 Å². The molecule has 1 aliphatic heterocycles. The standard InChI is InChI=1S/C11H15N5OS/c1-2-9-14-16-10(17)7-8(13-11(16)18-9)15-5-3-12-4-6-15/h7,12H,2-6H2,1H3/p+1. The van der Waals surface area contributed by atoms with E-state index in [0.717, 1.165) is 48.4 Å². The summed E-state index contributed by atoms with van der Waals surface area (Å²) in [4.78, 5) is 18.3. The zero-order chi connectivity index (χ0) is 12.5. The minimum absolute atomic E-state index is 0.0618. The number of piperazine rings is 1. The van der Waals surface area contributed by atoms with Crippen LogP contribution in [0.15, 0.2) is 10.9 Å². The highest BCUT2D eigenvalue weighted by Gasteiger charge is 2.20. The van der Waals surface area contributed by atoms with Gasteiger partial charge in [0.25, 0.3) is 0 Å². The zero-order valence-corrected chi connectivity index (χ0v) is 11.1. The summed E-state index contributed by atoms with van der Waals surface area (Å²) < 4.78 is 1.45. The van der Waals surface area contributed by atoms with Gasteiger partial charge in [0, 0.05) is 13.1 Å². The Bertz CT molecular complexity index is 613. The highest BCUT2D eigenvalue weighted by atomic mass is 32.1. The van der Waals surface area contributed by atoms with Crippen LogP contribution in [-0.4, -0.2) is 35.8 Å². The van der Waals surface area contributed by atoms with Crippen LogP contribution in [0.3, 0.4) is 0 Å². The number of nitrogens with zero attached hydrogens (tertiary/aromatic N) is 3. The van der Waals surface area contributed by atoms with Gasteiger partial charge in [-0.1, -0.05) is 16.5 Å². The molecule has 0 spiro atoms. The Kier molecular flexibility index (Phi) is 3.00. The van der Waals surface area contributed by atoms with E-state index in [1.807, 2.05) is 6.92 Å². The van der Waals surface area contributed by atoms with Crippen molar-refractivity contribution < 1.29 is 4.98 Å². The molecule has 0 unspecified atom stereocenters. The third-order valence-corrected chi connectivity index (χ3v) is 4.16. The van der Waals surface area contributed by atoms with Crippen LogP contribution in [0.2, 0.25) is 0 Å². The molecule has 0 radical (unpaired) electrons. The van der Waals surface area contributed by atoms with E-state index in [4.69, 9.17) is 0 Å². The molecule has 0 amide bonds. The number of aromatic amines is 1. The second kappa shape index (κ2) is 4.66. The highest BCUT2D eigenvalue weighted by molar-refractivity contribution is 7.16. The Morgan fingerprint density at radius 3 is 3.00 bits per heavy atom. The van der Waals surface area contributed by atoms with Crippen molar-refractivity contribution in [3.63, 3.8) is 0 Å². The maximum absolute atomic E-state index is 12.0. The van der Waals surface area contributed by atoms with Gasteiger partial charge in [-0.05, 0) is 17.8 Å². The number of H-pyrrole nitrogens is 1. The molecule has 3 heterocycles. The Balaban J connectivity index is 2.05. The first-order chi connectivity index (χ1) is 8.78. The van der Waals surface area contributed by atoms with Crippen molar-refractivity contribution in [2.75, 3.05) is 31.1 Å². The van der Waals surface area contributed by atoms with Gasteiger partial charge in [-0.2, -0.15) is 0 Å². The molecule has 3 rings (SSSR count). The molecule has 1 aliphatic rings. The predicted octanol–water partition coefficient (Wildman–Crippen LogP) is -0.458. The Morgan fingerprint density at radius 1 is 1.50 bits per heavy atom. The number of anilines is 1. The first kappa shape index (κ1) is 11.6. The van der Waals surface area contributed by atoms with Gasteiger partial charge in [-0.3, -0.25) is 4.90 Å². The minimum atomic E-state index is -0.0618. The van der Waals surface area contributed by atoms with Crippen LogP contribution in [0.1, 0.15) is 11.9 Å². The van der Waals surface area contributed by atoms with Gasteiger partial charge in [0.15, 0.2) is 0 Å². The van der Waals surface area contributed by atoms with Crippen molar-refractivity contribution in [3.8, 4) is 0 Å². The number of aryl methyl sites for hydroxylation is 1. The van der Waals surface area contributed by atoms with E-state index in [2.05, 4.69) is 20.3 Å². The topological polar surface area (TPSA) is 63.8 Å². The number of rotatable bonds is 2. The molecule has 18 heavy (non-hydrogen) atoms. The van der Waals surface area contributed by atoms with Crippen molar-refractivity contribution in [2.45, 2.75) is 13.3 Å². The molecule has 96 valence electrons. The van der Waals surface area contributed by atoms with Gasteiger partial charge in [0.2, 0.25) is 5.82 Å². The van der Waals surface area contributed by atoms with Gasteiger partial charge in [-0.25, -0.2) is 9.78 Å². The maximum Gasteiger partial charge on any atom is 0.337 e. The molecule has 2 N–H and O–H groups in total. The van der Waals surface area contributed by atoms with Gasteiger partial charge >= 0.3 is 10.5 Å². The summed E-state index contributed by atoms with van der Waals surface area (Å²) in [6, 6.07) is 1.64. The van der Waals surface area contributed by atoms with Crippen molar-refractivity contribution in [1.82, 2.24) is 14.9 Å². The molecular weight excluding hydrogens is 250 g/mol. The first-order valence-corrected chi connectivity index (χ1v) is 7.00. The van der Waals surface area contributed by atoms with Gasteiger partial charge in [-0.15, -0.1) is 0 Å². The summed E-state index contributed by atoms with van der Waals surface area (Å²) >= 11 is 1.54. The van der Waals surface area contributed by atoms with Crippen LogP contribution in [0.4, 0.5) is 5.82 Å². The SMILES string of the molecule is CCc1nn2c(=O)cc(N3CCNCC3)[nH+]c2s1. The van der Waals surface area contributed by atoms with E-state index in [9.17, 15) is 4.79 Å². The van der Waals surface area contributed by atoms with Crippen LogP contribution in [0.5, 0.6) is 0 Å². The molecule has 2 aromatic heterocycles. The number of fused-ring (bicyclic) bond motifs is 1. The molecule has 0 aliphatic carbocycles. The maximum atomic E-state index is 12.0. The average Bonchev–Trinajstić information content (AvgIpc) is 2.83. The molecule has 0 bridgehead atoms. The summed E-state index contributed by atoms with van der Waals surface area (Å²) in [6.07, 6.45) is 0.850. The molecule has 7 heteroatoms. The van der Waals surface area contributed by atoms with E-state index in [0.29, 0.717) is 0 Å². The normalized spacial score (nSPS) is 16.4. The smallest absolute Gasteiger partial charge is 0.310 e. The van der Waals surface area contributed by atoms with Crippen molar-refractivity contribution >= 4 is 22.1 Å². The fourth-order valence-electron chi connectivity index (χ4n) is 2.10. The van der Waals surface area contributed by atoms with E-state index < -0.39 is 0 Å². The zero-order valence-electron chi connectivity index (χ0n) is 10.3. The van der Waals surface area contributed by atoms with E-state index in [1.165, 1.54) is 4.52 Å². The molecule has 0 saturated carbocycles. The Labute approximate surface area is 108 Å². The summed E-state index contributed by atoms with van der Waals surface area (Å²) in [5, 5.41) is 8.55. The lowest BCUT2D eigenvalue weighted by Crippen LogP contribution is -2.46.